The Labute approximate surface area is 621 Å². The summed E-state index contributed by atoms with van der Waals surface area (Å²) in [5.74, 6) is -7.78. The van der Waals surface area contributed by atoms with Crippen molar-refractivity contribution < 1.29 is 115 Å². The second-order valence-electron chi connectivity index (χ2n) is 19.0. The molecule has 0 amide bonds. The van der Waals surface area contributed by atoms with Crippen molar-refractivity contribution in [2.24, 2.45) is 0 Å². The van der Waals surface area contributed by atoms with Crippen molar-refractivity contribution in [1.82, 2.24) is 34.8 Å². The zero-order valence-corrected chi connectivity index (χ0v) is 61.4. The van der Waals surface area contributed by atoms with Gasteiger partial charge in [-0.3, -0.25) is 39.9 Å². The molecule has 28 heteroatoms. The Bertz CT molecular complexity index is 3740. The molecular formula is C73H64Cl3F8Ir2N7O8-4. The average Bonchev–Trinajstić information content (AvgIpc) is 0.869. The van der Waals surface area contributed by atoms with Crippen LogP contribution in [0.25, 0.3) is 45.0 Å². The summed E-state index contributed by atoms with van der Waals surface area (Å²) in [7, 11) is 0. The van der Waals surface area contributed by atoms with Crippen molar-refractivity contribution in [2.45, 2.75) is 47.8 Å². The van der Waals surface area contributed by atoms with Crippen molar-refractivity contribution in [1.29, 1.82) is 0 Å². The molecule has 4 aromatic carbocycles. The molecule has 0 aliphatic rings. The third-order valence-corrected chi connectivity index (χ3v) is 12.1. The summed E-state index contributed by atoms with van der Waals surface area (Å²) in [6, 6.07) is 43.9. The average molecular weight is 1810 g/mol. The molecule has 101 heavy (non-hydrogen) atoms. The van der Waals surface area contributed by atoms with Crippen LogP contribution in [0.2, 0.25) is 0 Å². The number of carbonyl (C=O) groups is 4. The van der Waals surface area contributed by atoms with Crippen LogP contribution in [-0.2, 0) is 67.8 Å². The molecule has 10 aromatic rings. The van der Waals surface area contributed by atoms with Gasteiger partial charge in [0.1, 0.15) is 18.0 Å². The van der Waals surface area contributed by atoms with Gasteiger partial charge in [-0.2, -0.15) is 0 Å². The number of hydrogen-bond donors (Lipinski definition) is 3. The summed E-state index contributed by atoms with van der Waals surface area (Å²) in [6.07, 6.45) is 8.88. The summed E-state index contributed by atoms with van der Waals surface area (Å²) in [5, 5.41) is 25.3. The number of carboxylic acid groups (broad SMARTS) is 2. The molecule has 6 aromatic heterocycles. The molecule has 0 unspecified atom stereocenters. The number of ether oxygens (including phenoxy) is 1. The molecule has 0 bridgehead atoms. The summed E-state index contributed by atoms with van der Waals surface area (Å²) in [5.41, 5.74) is 4.42. The van der Waals surface area contributed by atoms with Gasteiger partial charge in [0.15, 0.2) is 0 Å². The third kappa shape index (κ3) is 36.7. The number of carbonyl (C=O) groups excluding carboxylic acids is 2. The minimum Gasteiger partial charge on any atom is -0.477 e. The minimum absolute atomic E-state index is 0. The molecule has 10 rings (SSSR count). The zero-order valence-electron chi connectivity index (χ0n) is 54.3. The molecule has 0 atom stereocenters. The molecule has 0 spiro atoms. The van der Waals surface area contributed by atoms with Gasteiger partial charge < -0.3 is 44.9 Å². The molecule has 0 fully saturated rings. The molecule has 0 aliphatic heterocycles. The predicted molar refractivity (Wildman–Crippen MR) is 362 cm³/mol. The number of alkyl halides is 2. The number of hydrogen-bond acceptors (Lipinski definition) is 13. The summed E-state index contributed by atoms with van der Waals surface area (Å²) >= 11 is 14.4. The Kier molecular flexibility index (Phi) is 47.2. The fourth-order valence-corrected chi connectivity index (χ4v) is 6.83. The van der Waals surface area contributed by atoms with Crippen LogP contribution in [0.1, 0.15) is 66.7 Å². The summed E-state index contributed by atoms with van der Waals surface area (Å²) in [6.45, 7) is 19.9. The van der Waals surface area contributed by atoms with Crippen LogP contribution >= 0.6 is 34.8 Å². The first kappa shape index (κ1) is 91.9. The van der Waals surface area contributed by atoms with Crippen LogP contribution in [0, 0.1) is 70.8 Å². The van der Waals surface area contributed by atoms with Gasteiger partial charge in [-0.25, -0.2) is 24.4 Å². The van der Waals surface area contributed by atoms with Crippen molar-refractivity contribution in [3.8, 4) is 45.0 Å². The van der Waals surface area contributed by atoms with Gasteiger partial charge in [-0.05, 0) is 110 Å². The largest absolute Gasteiger partial charge is 0.477 e. The van der Waals surface area contributed by atoms with E-state index in [4.69, 9.17) is 54.9 Å². The molecule has 3 N–H and O–H groups in total. The maximum absolute atomic E-state index is 13.2. The van der Waals surface area contributed by atoms with E-state index in [1.54, 1.807) is 117 Å². The van der Waals surface area contributed by atoms with E-state index in [9.17, 15) is 54.3 Å². The number of halogens is 11. The van der Waals surface area contributed by atoms with Gasteiger partial charge in [0.2, 0.25) is 5.24 Å². The van der Waals surface area contributed by atoms with Gasteiger partial charge in [-0.15, -0.1) is 71.7 Å². The number of aromatic carboxylic acids is 2. The topological polar surface area (TPSA) is 219 Å². The SMILES string of the molecule is C=C(C)C(=O)Cl.C=C(C)C(=O)OCc1ccc(C(=O)O)nc1.CCN(CC)CC.ClCCl.Fc1c[c-]c(-c2ccccn2)c(F)c1.Fc1c[c-]c(-c2ccccn2)c(F)c1.Fc1c[c-]c(-c2ccccn2)c(F)c1.Fc1c[c-]c(-c2ccccn2)c(F)c1.O=C(O)c1ccc(CO)cn1.[Ir].[Ir]. The Morgan fingerprint density at radius 3 is 0.931 bits per heavy atom. The number of pyridine rings is 6. The molecule has 0 saturated heterocycles. The molecular weight excluding hydrogens is 1750 g/mol. The molecule has 6 heterocycles. The van der Waals surface area contributed by atoms with Gasteiger partial charge >= 0.3 is 17.9 Å². The number of benzene rings is 4. The van der Waals surface area contributed by atoms with E-state index in [0.29, 0.717) is 45.0 Å². The predicted octanol–water partition coefficient (Wildman–Crippen LogP) is 17.1. The van der Waals surface area contributed by atoms with Crippen LogP contribution < -0.4 is 0 Å². The Morgan fingerprint density at radius 1 is 0.475 bits per heavy atom. The van der Waals surface area contributed by atoms with Gasteiger partial charge in [-0.1, -0.05) is 141 Å². The first-order valence-electron chi connectivity index (χ1n) is 28.9. The Hall–Kier alpha value is -9.13. The fourth-order valence-electron chi connectivity index (χ4n) is 6.83. The van der Waals surface area contributed by atoms with Gasteiger partial charge in [0, 0.05) is 141 Å². The molecule has 15 nitrogen and oxygen atoms in total. The smallest absolute Gasteiger partial charge is 0.354 e. The van der Waals surface area contributed by atoms with E-state index in [-0.39, 0.29) is 92.4 Å². The normalized spacial score (nSPS) is 9.52. The Balaban J connectivity index is 0.00000114. The van der Waals surface area contributed by atoms with Crippen LogP contribution in [0.3, 0.4) is 0 Å². The number of nitrogens with zero attached hydrogens (tertiary/aromatic N) is 7. The van der Waals surface area contributed by atoms with E-state index in [2.05, 4.69) is 93.0 Å². The number of aromatic nitrogens is 6. The van der Waals surface area contributed by atoms with Gasteiger partial charge in [0.25, 0.3) is 0 Å². The van der Waals surface area contributed by atoms with Crippen LogP contribution in [-0.4, -0.2) is 98.2 Å². The zero-order chi connectivity index (χ0) is 73.8. The van der Waals surface area contributed by atoms with Crippen molar-refractivity contribution >= 4 is 58.0 Å². The van der Waals surface area contributed by atoms with E-state index >= 15 is 0 Å². The number of carboxylic acids is 2. The molecule has 2 radical (unpaired) electrons. The van der Waals surface area contributed by atoms with Crippen molar-refractivity contribution in [3.63, 3.8) is 0 Å². The molecule has 0 saturated carbocycles. The van der Waals surface area contributed by atoms with E-state index in [0.717, 1.165) is 48.5 Å². The number of allylic oxidation sites excluding steroid dienone is 1. The Morgan fingerprint density at radius 2 is 0.752 bits per heavy atom. The van der Waals surface area contributed by atoms with Crippen molar-refractivity contribution in [2.75, 3.05) is 25.0 Å². The standard InChI is InChI=1S/4C11H6F2N.C11H11NO4.C7H7NO3.C6H15N.C4H5ClO.CH2Cl2.2Ir/c4*12-8-4-5-9(10(13)7-8)11-3-1-2-6-14-11;1-7(2)11(15)16-6-8-3-4-9(10(13)14)12-5-8;9-4-5-1-2-6(7(10)11)8-3-5;1-4-7(5-2)6-3;1-3(2)4(5)6;2-1-3;;/h4*1-4,6-7H;3-5H,1,6H2,2H3,(H,13,14);1-3,9H,4H2,(H,10,11);4-6H2,1-3H3;1H2,2H3;1H2;;/q4*-1;;;;;;;. The fraction of sp³-hybridized carbons (Fsp3) is 0.151. The minimum atomic E-state index is -1.09. The van der Waals surface area contributed by atoms with Crippen LogP contribution in [0.4, 0.5) is 35.1 Å². The van der Waals surface area contributed by atoms with Gasteiger partial charge in [0.05, 0.1) is 11.9 Å². The van der Waals surface area contributed by atoms with E-state index in [1.165, 1.54) is 50.2 Å². The number of aliphatic hydroxyl groups excluding tert-OH is 1. The second kappa shape index (κ2) is 51.9. The quantitative estimate of drug-likeness (QED) is 0.0230. The second-order valence-corrected chi connectivity index (χ2v) is 20.2. The maximum atomic E-state index is 13.2. The third-order valence-electron chi connectivity index (χ3n) is 11.8. The molecule has 0 aliphatic carbocycles. The first-order chi connectivity index (χ1) is 47.2. The maximum Gasteiger partial charge on any atom is 0.354 e. The number of esters is 1. The van der Waals surface area contributed by atoms with E-state index in [1.807, 2.05) is 0 Å². The van der Waals surface area contributed by atoms with E-state index < -0.39 is 69.7 Å². The first-order valence-corrected chi connectivity index (χ1v) is 30.3. The monoisotopic (exact) mass is 1810 g/mol. The van der Waals surface area contributed by atoms with Crippen molar-refractivity contribution in [3.05, 3.63) is 300 Å². The molecule has 538 valence electrons. The number of rotatable bonds is 14. The number of aliphatic hydroxyl groups is 1. The van der Waals surface area contributed by atoms with Crippen LogP contribution in [0.5, 0.6) is 0 Å². The summed E-state index contributed by atoms with van der Waals surface area (Å²) < 4.78 is 108. The van der Waals surface area contributed by atoms with Crippen LogP contribution in [0.15, 0.2) is 207 Å². The summed E-state index contributed by atoms with van der Waals surface area (Å²) in [4.78, 5) is 67.1.